The molecule has 0 N–H and O–H groups in total. The van der Waals surface area contributed by atoms with E-state index < -0.39 is 10.0 Å². The standard InChI is InChI=1S/C19H20N2O4S/c1-24-15-8-9-19(25-2)17(12-15)18-7-4-10-21(18)26(22,23)16-6-3-5-14(11-16)13-20/h3,5-6,8-9,11-12,18H,4,7,10H2,1-2H3. The van der Waals surface area contributed by atoms with E-state index >= 15 is 0 Å². The summed E-state index contributed by atoms with van der Waals surface area (Å²) in [6.07, 6.45) is 1.45. The summed E-state index contributed by atoms with van der Waals surface area (Å²) in [6.45, 7) is 0.421. The van der Waals surface area contributed by atoms with Gasteiger partial charge in [0.2, 0.25) is 10.0 Å². The van der Waals surface area contributed by atoms with Gasteiger partial charge in [-0.1, -0.05) is 6.07 Å². The maximum absolute atomic E-state index is 13.2. The lowest BCUT2D eigenvalue weighted by Crippen LogP contribution is -2.31. The van der Waals surface area contributed by atoms with Gasteiger partial charge in [-0.25, -0.2) is 8.42 Å². The van der Waals surface area contributed by atoms with E-state index in [1.165, 1.54) is 16.4 Å². The van der Waals surface area contributed by atoms with Gasteiger partial charge in [-0.2, -0.15) is 9.57 Å². The number of benzene rings is 2. The van der Waals surface area contributed by atoms with Crippen LogP contribution in [0.15, 0.2) is 47.4 Å². The van der Waals surface area contributed by atoms with Crippen LogP contribution in [0.5, 0.6) is 11.5 Å². The second kappa shape index (κ2) is 7.36. The molecular formula is C19H20N2O4S. The van der Waals surface area contributed by atoms with Crippen molar-refractivity contribution in [2.75, 3.05) is 20.8 Å². The summed E-state index contributed by atoms with van der Waals surface area (Å²) >= 11 is 0. The fourth-order valence-corrected chi connectivity index (χ4v) is 5.02. The number of hydrogen-bond acceptors (Lipinski definition) is 5. The Bertz CT molecular complexity index is 950. The van der Waals surface area contributed by atoms with E-state index in [2.05, 4.69) is 0 Å². The van der Waals surface area contributed by atoms with Crippen molar-refractivity contribution in [2.45, 2.75) is 23.8 Å². The number of nitrogens with zero attached hydrogens (tertiary/aromatic N) is 2. The van der Waals surface area contributed by atoms with Crippen molar-refractivity contribution in [3.8, 4) is 17.6 Å². The van der Waals surface area contributed by atoms with E-state index in [1.807, 2.05) is 12.1 Å². The summed E-state index contributed by atoms with van der Waals surface area (Å²) in [5, 5.41) is 9.06. The Kier molecular flexibility index (Phi) is 5.16. The average molecular weight is 372 g/mol. The van der Waals surface area contributed by atoms with Crippen molar-refractivity contribution >= 4 is 10.0 Å². The molecule has 0 aliphatic carbocycles. The lowest BCUT2D eigenvalue weighted by Gasteiger charge is -2.26. The highest BCUT2D eigenvalue weighted by Crippen LogP contribution is 2.41. The highest BCUT2D eigenvalue weighted by Gasteiger charge is 2.37. The summed E-state index contributed by atoms with van der Waals surface area (Å²) < 4.78 is 38.6. The van der Waals surface area contributed by atoms with Crippen LogP contribution in [0, 0.1) is 11.3 Å². The highest BCUT2D eigenvalue weighted by molar-refractivity contribution is 7.89. The molecule has 6 nitrogen and oxygen atoms in total. The summed E-state index contributed by atoms with van der Waals surface area (Å²) in [4.78, 5) is 0.130. The summed E-state index contributed by atoms with van der Waals surface area (Å²) in [6, 6.07) is 13.1. The van der Waals surface area contributed by atoms with Gasteiger partial charge in [0.05, 0.1) is 36.8 Å². The molecule has 1 atom stereocenters. The number of nitriles is 1. The molecule has 0 bridgehead atoms. The average Bonchev–Trinajstić information content (AvgIpc) is 3.18. The van der Waals surface area contributed by atoms with Gasteiger partial charge in [0, 0.05) is 12.1 Å². The Balaban J connectivity index is 2.04. The first kappa shape index (κ1) is 18.2. The van der Waals surface area contributed by atoms with Crippen molar-refractivity contribution < 1.29 is 17.9 Å². The number of ether oxygens (including phenoxy) is 2. The molecule has 0 amide bonds. The van der Waals surface area contributed by atoms with E-state index in [4.69, 9.17) is 14.7 Å². The van der Waals surface area contributed by atoms with Crippen molar-refractivity contribution in [3.63, 3.8) is 0 Å². The molecule has 1 aliphatic rings. The third kappa shape index (κ3) is 3.26. The lowest BCUT2D eigenvalue weighted by atomic mass is 10.0. The Morgan fingerprint density at radius 2 is 1.96 bits per heavy atom. The van der Waals surface area contributed by atoms with Crippen LogP contribution in [0.2, 0.25) is 0 Å². The monoisotopic (exact) mass is 372 g/mol. The maximum atomic E-state index is 13.2. The number of sulfonamides is 1. The summed E-state index contributed by atoms with van der Waals surface area (Å²) in [5.74, 6) is 1.28. The molecular weight excluding hydrogens is 352 g/mol. The Morgan fingerprint density at radius 3 is 2.65 bits per heavy atom. The third-order valence-electron chi connectivity index (χ3n) is 4.57. The normalized spacial score (nSPS) is 17.7. The zero-order chi connectivity index (χ0) is 18.7. The fourth-order valence-electron chi connectivity index (χ4n) is 3.30. The third-order valence-corrected chi connectivity index (χ3v) is 6.47. The molecule has 0 spiro atoms. The predicted octanol–water partition coefficient (Wildman–Crippen LogP) is 3.10. The topological polar surface area (TPSA) is 79.6 Å². The molecule has 1 aliphatic heterocycles. The predicted molar refractivity (Wildman–Crippen MR) is 96.6 cm³/mol. The summed E-state index contributed by atoms with van der Waals surface area (Å²) in [5.41, 5.74) is 1.10. The van der Waals surface area contributed by atoms with Gasteiger partial charge in [0.1, 0.15) is 11.5 Å². The van der Waals surface area contributed by atoms with Gasteiger partial charge in [-0.3, -0.25) is 0 Å². The molecule has 2 aromatic rings. The fraction of sp³-hybridized carbons (Fsp3) is 0.316. The van der Waals surface area contributed by atoms with Gasteiger partial charge in [-0.05, 0) is 49.2 Å². The molecule has 3 rings (SSSR count). The SMILES string of the molecule is COc1ccc(OC)c(C2CCCN2S(=O)(=O)c2cccc(C#N)c2)c1. The van der Waals surface area contributed by atoms with Crippen LogP contribution in [-0.4, -0.2) is 33.5 Å². The molecule has 0 saturated carbocycles. The van der Waals surface area contributed by atoms with E-state index in [0.29, 0.717) is 30.0 Å². The first-order valence-electron chi connectivity index (χ1n) is 8.25. The highest BCUT2D eigenvalue weighted by atomic mass is 32.2. The first-order chi connectivity index (χ1) is 12.5. The zero-order valence-corrected chi connectivity index (χ0v) is 15.5. The van der Waals surface area contributed by atoms with Crippen LogP contribution in [0.3, 0.4) is 0 Å². The van der Waals surface area contributed by atoms with Crippen molar-refractivity contribution in [1.29, 1.82) is 5.26 Å². The molecule has 0 aromatic heterocycles. The molecule has 2 aromatic carbocycles. The first-order valence-corrected chi connectivity index (χ1v) is 9.69. The number of rotatable bonds is 5. The summed E-state index contributed by atoms with van der Waals surface area (Å²) in [7, 11) is -0.591. The van der Waals surface area contributed by atoms with Crippen LogP contribution < -0.4 is 9.47 Å². The van der Waals surface area contributed by atoms with Crippen LogP contribution in [-0.2, 0) is 10.0 Å². The van der Waals surface area contributed by atoms with E-state index in [0.717, 1.165) is 12.0 Å². The van der Waals surface area contributed by atoms with Crippen LogP contribution in [0.25, 0.3) is 0 Å². The van der Waals surface area contributed by atoms with Crippen LogP contribution in [0.4, 0.5) is 0 Å². The van der Waals surface area contributed by atoms with Gasteiger partial charge < -0.3 is 9.47 Å². The molecule has 7 heteroatoms. The zero-order valence-electron chi connectivity index (χ0n) is 14.7. The van der Waals surface area contributed by atoms with E-state index in [1.54, 1.807) is 38.5 Å². The van der Waals surface area contributed by atoms with Crippen LogP contribution in [0.1, 0.15) is 30.0 Å². The molecule has 1 saturated heterocycles. The van der Waals surface area contributed by atoms with Gasteiger partial charge in [0.15, 0.2) is 0 Å². The van der Waals surface area contributed by atoms with Crippen molar-refractivity contribution in [2.24, 2.45) is 0 Å². The largest absolute Gasteiger partial charge is 0.497 e. The van der Waals surface area contributed by atoms with Gasteiger partial charge in [0.25, 0.3) is 0 Å². The van der Waals surface area contributed by atoms with E-state index in [-0.39, 0.29) is 10.9 Å². The maximum Gasteiger partial charge on any atom is 0.243 e. The Labute approximate surface area is 153 Å². The number of hydrogen-bond donors (Lipinski definition) is 0. The molecule has 0 radical (unpaired) electrons. The minimum atomic E-state index is -3.73. The Morgan fingerprint density at radius 1 is 1.15 bits per heavy atom. The lowest BCUT2D eigenvalue weighted by molar-refractivity contribution is 0.361. The van der Waals surface area contributed by atoms with Crippen LogP contribution >= 0.6 is 0 Å². The van der Waals surface area contributed by atoms with Crippen molar-refractivity contribution in [1.82, 2.24) is 4.31 Å². The molecule has 1 heterocycles. The molecule has 1 fully saturated rings. The van der Waals surface area contributed by atoms with E-state index in [9.17, 15) is 8.42 Å². The second-order valence-corrected chi connectivity index (χ2v) is 7.91. The minimum absolute atomic E-state index is 0.130. The van der Waals surface area contributed by atoms with Gasteiger partial charge in [-0.15, -0.1) is 0 Å². The Hall–Kier alpha value is -2.56. The number of methoxy groups -OCH3 is 2. The van der Waals surface area contributed by atoms with Gasteiger partial charge >= 0.3 is 0 Å². The molecule has 26 heavy (non-hydrogen) atoms. The smallest absolute Gasteiger partial charge is 0.243 e. The minimum Gasteiger partial charge on any atom is -0.497 e. The van der Waals surface area contributed by atoms with Crippen molar-refractivity contribution in [3.05, 3.63) is 53.6 Å². The second-order valence-electron chi connectivity index (χ2n) is 6.02. The molecule has 136 valence electrons. The quantitative estimate of drug-likeness (QED) is 0.806. The molecule has 1 unspecified atom stereocenters.